The summed E-state index contributed by atoms with van der Waals surface area (Å²) in [5.74, 6) is -1.43. The lowest BCUT2D eigenvalue weighted by molar-refractivity contribution is -0.677. The highest BCUT2D eigenvalue weighted by Crippen LogP contribution is 2.40. The van der Waals surface area contributed by atoms with Gasteiger partial charge in [-0.05, 0) is 80.9 Å². The summed E-state index contributed by atoms with van der Waals surface area (Å²) in [6.45, 7) is 3.88. The molecule has 288 valence electrons. The number of nitrogens with one attached hydrogen (secondary N) is 2. The largest absolute Gasteiger partial charge is 0.748 e. The number of allylic oxidation sites excluding steroid dienone is 2. The molecule has 0 saturated heterocycles. The Hall–Kier alpha value is -5.75. The number of benzene rings is 4. The zero-order valence-corrected chi connectivity index (χ0v) is 32.0. The van der Waals surface area contributed by atoms with Crippen molar-refractivity contribution in [3.63, 3.8) is 0 Å². The van der Waals surface area contributed by atoms with Gasteiger partial charge in [-0.2, -0.15) is 4.57 Å². The van der Waals surface area contributed by atoms with Crippen LogP contribution in [0.1, 0.15) is 50.6 Å². The predicted octanol–water partition coefficient (Wildman–Crippen LogP) is 4.96. The molecule has 0 aliphatic carbocycles. The molecule has 56 heavy (non-hydrogen) atoms. The van der Waals surface area contributed by atoms with E-state index < -0.39 is 43.6 Å². The number of aryl methyl sites for hydroxylation is 3. The molecule has 0 fully saturated rings. The molecule has 2 amide bonds. The van der Waals surface area contributed by atoms with Crippen LogP contribution in [0.15, 0.2) is 107 Å². The molecule has 1 aliphatic rings. The number of amides is 2. The van der Waals surface area contributed by atoms with Crippen molar-refractivity contribution in [2.45, 2.75) is 33.2 Å². The van der Waals surface area contributed by atoms with Gasteiger partial charge < -0.3 is 33.8 Å². The van der Waals surface area contributed by atoms with E-state index in [0.29, 0.717) is 33.9 Å². The third-order valence-corrected chi connectivity index (χ3v) is 10.3. The van der Waals surface area contributed by atoms with E-state index in [9.17, 15) is 35.5 Å². The molecule has 17 heteroatoms. The monoisotopic (exact) mass is 795 g/mol. The Morgan fingerprint density at radius 1 is 0.786 bits per heavy atom. The molecule has 4 aromatic carbocycles. The molecule has 0 spiro atoms. The van der Waals surface area contributed by atoms with Crippen LogP contribution in [0.5, 0.6) is 5.75 Å². The van der Waals surface area contributed by atoms with Crippen molar-refractivity contribution in [2.75, 3.05) is 33.6 Å². The summed E-state index contributed by atoms with van der Waals surface area (Å²) in [7, 11) is -2.55. The number of anilines is 3. The Morgan fingerprint density at radius 3 is 1.93 bits per heavy atom. The fourth-order valence-corrected chi connectivity index (χ4v) is 6.93. The fourth-order valence-electron chi connectivity index (χ4n) is 5.97. The van der Waals surface area contributed by atoms with Crippen molar-refractivity contribution >= 4 is 74.1 Å². The lowest BCUT2D eigenvalue weighted by Crippen LogP contribution is -2.36. The summed E-state index contributed by atoms with van der Waals surface area (Å²) in [4.78, 5) is 28.0. The standard InChI is InChI=1S/C39H37BN4O10S2/c1-25-5-11-30(12-6-25)41-38(45)27-9-15-34-32(21-27)43(17-3-19-55(47,48)49)36(53-34)23-29(40)24-37-44(18-4-20-56(50,51)52)33-22-28(10-16-35(33)54-37)39(46)42-31-13-7-26(2)8-14-31/h5-16,21-24H,3-4,17-20H2,1-2H3,(H3-,41,42,45,46,47,48,49,50,51,52)/p-1. The van der Waals surface area contributed by atoms with Crippen LogP contribution in [-0.2, 0) is 26.8 Å². The quantitative estimate of drug-likeness (QED) is 0.0874. The van der Waals surface area contributed by atoms with Crippen LogP contribution in [0.2, 0.25) is 0 Å². The molecule has 2 radical (unpaired) electrons. The number of aromatic nitrogens is 1. The third-order valence-electron chi connectivity index (χ3n) is 8.74. The maximum atomic E-state index is 13.2. The number of hydrogen-bond donors (Lipinski definition) is 2. The van der Waals surface area contributed by atoms with Gasteiger partial charge in [0.15, 0.2) is 18.2 Å². The second kappa shape index (κ2) is 16.5. The van der Waals surface area contributed by atoms with Crippen LogP contribution < -0.4 is 24.8 Å². The Morgan fingerprint density at radius 2 is 1.34 bits per heavy atom. The maximum Gasteiger partial charge on any atom is 0.373 e. The minimum atomic E-state index is -4.53. The van der Waals surface area contributed by atoms with Gasteiger partial charge in [0.2, 0.25) is 5.58 Å². The van der Waals surface area contributed by atoms with Crippen molar-refractivity contribution < 1.29 is 49.3 Å². The summed E-state index contributed by atoms with van der Waals surface area (Å²) in [6, 6.07) is 24.0. The smallest absolute Gasteiger partial charge is 0.373 e. The summed E-state index contributed by atoms with van der Waals surface area (Å²) in [6.07, 6.45) is 2.75. The molecular weight excluding hydrogens is 759 g/mol. The molecule has 6 rings (SSSR count). The summed E-state index contributed by atoms with van der Waals surface area (Å²) in [5.41, 5.74) is 5.08. The van der Waals surface area contributed by atoms with Gasteiger partial charge in [0, 0.05) is 59.1 Å². The van der Waals surface area contributed by atoms with E-state index in [-0.39, 0.29) is 54.3 Å². The third kappa shape index (κ3) is 10.3. The highest BCUT2D eigenvalue weighted by molar-refractivity contribution is 7.85. The molecule has 2 heterocycles. The summed E-state index contributed by atoms with van der Waals surface area (Å²) >= 11 is 0. The van der Waals surface area contributed by atoms with Gasteiger partial charge in [-0.1, -0.05) is 40.9 Å². The van der Waals surface area contributed by atoms with Crippen molar-refractivity contribution in [3.05, 3.63) is 131 Å². The van der Waals surface area contributed by atoms with Crippen LogP contribution in [-0.4, -0.2) is 63.7 Å². The molecular formula is C39H36BN4O10S2-. The first kappa shape index (κ1) is 39.9. The van der Waals surface area contributed by atoms with Crippen LogP contribution in [0.25, 0.3) is 17.2 Å². The summed E-state index contributed by atoms with van der Waals surface area (Å²) in [5, 5.41) is 5.68. The SMILES string of the molecule is [B]C(=Cc1oc2ccc(C(=O)Nc3ccc(C)cc3)cc2[n+]1CCCS(=O)(=O)[O-])C=C1Oc2ccc(C(=O)Nc3ccc(C)cc3)cc2N1CCCS(=O)(=O)[O-]. The van der Waals surface area contributed by atoms with Crippen molar-refractivity contribution in [1.82, 2.24) is 0 Å². The van der Waals surface area contributed by atoms with E-state index in [1.165, 1.54) is 12.2 Å². The minimum absolute atomic E-state index is 0.0123. The van der Waals surface area contributed by atoms with Gasteiger partial charge in [-0.25, -0.2) is 16.8 Å². The first-order valence-electron chi connectivity index (χ1n) is 17.4. The summed E-state index contributed by atoms with van der Waals surface area (Å²) < 4.78 is 82.5. The minimum Gasteiger partial charge on any atom is -0.748 e. The average Bonchev–Trinajstić information content (AvgIpc) is 3.64. The normalized spacial score (nSPS) is 13.8. The Balaban J connectivity index is 1.32. The van der Waals surface area contributed by atoms with E-state index in [1.807, 2.05) is 38.1 Å². The molecule has 1 aromatic heterocycles. The number of fused-ring (bicyclic) bond motifs is 2. The predicted molar refractivity (Wildman–Crippen MR) is 209 cm³/mol. The Bertz CT molecular complexity index is 2590. The van der Waals surface area contributed by atoms with Gasteiger partial charge in [0.1, 0.15) is 7.85 Å². The molecule has 0 unspecified atom stereocenters. The van der Waals surface area contributed by atoms with E-state index in [2.05, 4.69) is 10.6 Å². The molecule has 0 bridgehead atoms. The van der Waals surface area contributed by atoms with Gasteiger partial charge in [0.25, 0.3) is 17.3 Å². The van der Waals surface area contributed by atoms with Crippen molar-refractivity contribution in [3.8, 4) is 5.75 Å². The van der Waals surface area contributed by atoms with E-state index in [1.54, 1.807) is 70.1 Å². The number of nitrogens with zero attached hydrogens (tertiary/aromatic N) is 2. The lowest BCUT2D eigenvalue weighted by atomic mass is 9.95. The molecule has 2 N–H and O–H groups in total. The number of ether oxygens (including phenoxy) is 1. The highest BCUT2D eigenvalue weighted by atomic mass is 32.2. The zero-order valence-electron chi connectivity index (χ0n) is 30.4. The van der Waals surface area contributed by atoms with Crippen LogP contribution in [0, 0.1) is 13.8 Å². The number of oxazole rings is 1. The fraction of sp³-hybridized carbons (Fsp3) is 0.205. The Kier molecular flexibility index (Phi) is 11.8. The topological polar surface area (TPSA) is 202 Å². The first-order valence-corrected chi connectivity index (χ1v) is 20.5. The van der Waals surface area contributed by atoms with Crippen LogP contribution in [0.3, 0.4) is 0 Å². The van der Waals surface area contributed by atoms with E-state index in [4.69, 9.17) is 17.0 Å². The van der Waals surface area contributed by atoms with Crippen LogP contribution >= 0.6 is 0 Å². The molecule has 5 aromatic rings. The van der Waals surface area contributed by atoms with Gasteiger partial charge in [-0.3, -0.25) is 9.59 Å². The molecule has 0 saturated carbocycles. The Labute approximate surface area is 325 Å². The van der Waals surface area contributed by atoms with E-state index in [0.717, 1.165) is 11.1 Å². The zero-order chi connectivity index (χ0) is 40.2. The maximum absolute atomic E-state index is 13.2. The van der Waals surface area contributed by atoms with Gasteiger partial charge >= 0.3 is 5.89 Å². The lowest BCUT2D eigenvalue weighted by Gasteiger charge is -2.19. The van der Waals surface area contributed by atoms with Crippen molar-refractivity contribution in [2.24, 2.45) is 0 Å². The number of hydrogen-bond acceptors (Lipinski definition) is 11. The number of carbonyl (C=O) groups is 2. The van der Waals surface area contributed by atoms with Gasteiger partial charge in [-0.15, -0.1) is 0 Å². The molecule has 0 atom stereocenters. The first-order chi connectivity index (χ1) is 26.5. The van der Waals surface area contributed by atoms with E-state index >= 15 is 0 Å². The number of carbonyl (C=O) groups excluding carboxylic acids is 2. The van der Waals surface area contributed by atoms with Gasteiger partial charge in [0.05, 0.1) is 25.9 Å². The molecule has 14 nitrogen and oxygen atoms in total. The average molecular weight is 796 g/mol. The van der Waals surface area contributed by atoms with Crippen molar-refractivity contribution in [1.29, 1.82) is 0 Å². The second-order valence-electron chi connectivity index (χ2n) is 13.2. The number of rotatable bonds is 14. The molecule has 1 aliphatic heterocycles. The highest BCUT2D eigenvalue weighted by Gasteiger charge is 2.28. The second-order valence-corrected chi connectivity index (χ2v) is 16.3. The van der Waals surface area contributed by atoms with Crippen LogP contribution in [0.4, 0.5) is 17.1 Å².